The monoisotopic (exact) mass is 167 g/mol. The van der Waals surface area contributed by atoms with E-state index < -0.39 is 5.97 Å². The third-order valence-electron chi connectivity index (χ3n) is 1.53. The largest absolute Gasteiger partial charge is 0.478 e. The number of nitrogens with two attached hydrogens (primary N) is 3. The van der Waals surface area contributed by atoms with E-state index in [1.807, 2.05) is 0 Å². The minimum atomic E-state index is -1.17. The number of aromatic carboxylic acids is 1. The van der Waals surface area contributed by atoms with E-state index in [0.29, 0.717) is 0 Å². The normalized spacial score (nSPS) is 9.67. The van der Waals surface area contributed by atoms with Crippen LogP contribution in [0.3, 0.4) is 0 Å². The van der Waals surface area contributed by atoms with E-state index in [2.05, 4.69) is 0 Å². The van der Waals surface area contributed by atoms with Crippen molar-refractivity contribution >= 4 is 23.0 Å². The van der Waals surface area contributed by atoms with Crippen molar-refractivity contribution in [3.63, 3.8) is 0 Å². The third kappa shape index (κ3) is 1.12. The first-order valence-electron chi connectivity index (χ1n) is 3.20. The maximum atomic E-state index is 10.6. The van der Waals surface area contributed by atoms with Crippen LogP contribution in [-0.2, 0) is 0 Å². The fourth-order valence-electron chi connectivity index (χ4n) is 0.891. The van der Waals surface area contributed by atoms with Gasteiger partial charge in [0.15, 0.2) is 0 Å². The smallest absolute Gasteiger partial charge is 0.339 e. The highest BCUT2D eigenvalue weighted by molar-refractivity contribution is 6.02. The molecule has 0 aliphatic carbocycles. The lowest BCUT2D eigenvalue weighted by Gasteiger charge is -2.06. The van der Waals surface area contributed by atoms with Crippen LogP contribution >= 0.6 is 0 Å². The van der Waals surface area contributed by atoms with Crippen molar-refractivity contribution in [2.45, 2.75) is 0 Å². The number of carboxylic acid groups (broad SMARTS) is 1. The Bertz CT molecular complexity index is 336. The van der Waals surface area contributed by atoms with Gasteiger partial charge in [-0.15, -0.1) is 0 Å². The van der Waals surface area contributed by atoms with Gasteiger partial charge in [0.25, 0.3) is 0 Å². The average molecular weight is 167 g/mol. The summed E-state index contributed by atoms with van der Waals surface area (Å²) in [4.78, 5) is 10.6. The topological polar surface area (TPSA) is 115 Å². The molecule has 7 N–H and O–H groups in total. The Morgan fingerprint density at radius 2 is 1.67 bits per heavy atom. The quantitative estimate of drug-likeness (QED) is 0.444. The minimum Gasteiger partial charge on any atom is -0.478 e. The van der Waals surface area contributed by atoms with Crippen LogP contribution in [0.4, 0.5) is 17.1 Å². The standard InChI is InChI=1S/C7H9N3O2/c8-3-1-2-4(9)6(10)5(3)7(11)12/h1-2H,8-10H2,(H,11,12). The second-order valence-electron chi connectivity index (χ2n) is 2.34. The van der Waals surface area contributed by atoms with Crippen LogP contribution in [0.5, 0.6) is 0 Å². The number of hydrogen-bond donors (Lipinski definition) is 4. The summed E-state index contributed by atoms with van der Waals surface area (Å²) in [6.45, 7) is 0. The lowest BCUT2D eigenvalue weighted by molar-refractivity contribution is 0.0699. The van der Waals surface area contributed by atoms with Gasteiger partial charge in [0.05, 0.1) is 11.4 Å². The molecule has 0 fully saturated rings. The summed E-state index contributed by atoms with van der Waals surface area (Å²) >= 11 is 0. The summed E-state index contributed by atoms with van der Waals surface area (Å²) in [6, 6.07) is 2.88. The van der Waals surface area contributed by atoms with E-state index >= 15 is 0 Å². The number of nitrogen functional groups attached to an aromatic ring is 3. The van der Waals surface area contributed by atoms with Gasteiger partial charge in [0.1, 0.15) is 5.56 Å². The van der Waals surface area contributed by atoms with Gasteiger partial charge in [-0.25, -0.2) is 4.79 Å². The van der Waals surface area contributed by atoms with Crippen molar-refractivity contribution in [3.05, 3.63) is 17.7 Å². The highest BCUT2D eigenvalue weighted by atomic mass is 16.4. The maximum Gasteiger partial charge on any atom is 0.339 e. The molecule has 1 aromatic rings. The molecule has 0 spiro atoms. The molecule has 0 bridgehead atoms. The summed E-state index contributed by atoms with van der Waals surface area (Å²) in [5.74, 6) is -1.17. The SMILES string of the molecule is Nc1ccc(N)c(C(=O)O)c1N. The van der Waals surface area contributed by atoms with E-state index in [-0.39, 0.29) is 22.6 Å². The van der Waals surface area contributed by atoms with E-state index in [4.69, 9.17) is 22.3 Å². The Hall–Kier alpha value is -1.91. The van der Waals surface area contributed by atoms with Crippen molar-refractivity contribution in [3.8, 4) is 0 Å². The molecule has 5 nitrogen and oxygen atoms in total. The fraction of sp³-hybridized carbons (Fsp3) is 0. The molecule has 1 aromatic carbocycles. The molecule has 0 atom stereocenters. The minimum absolute atomic E-state index is 0.0162. The second-order valence-corrected chi connectivity index (χ2v) is 2.34. The highest BCUT2D eigenvalue weighted by Gasteiger charge is 2.13. The Morgan fingerprint density at radius 3 is 2.08 bits per heavy atom. The summed E-state index contributed by atoms with van der Waals surface area (Å²) in [6.07, 6.45) is 0. The summed E-state index contributed by atoms with van der Waals surface area (Å²) in [5.41, 5.74) is 16.4. The number of benzene rings is 1. The Balaban J connectivity index is 3.43. The third-order valence-corrected chi connectivity index (χ3v) is 1.53. The lowest BCUT2D eigenvalue weighted by atomic mass is 10.1. The second kappa shape index (κ2) is 2.61. The van der Waals surface area contributed by atoms with Gasteiger partial charge in [0.2, 0.25) is 0 Å². The van der Waals surface area contributed by atoms with Crippen molar-refractivity contribution in [1.82, 2.24) is 0 Å². The first kappa shape index (κ1) is 8.19. The Labute approximate surface area is 68.8 Å². The molecule has 0 aliphatic heterocycles. The van der Waals surface area contributed by atoms with Crippen LogP contribution in [0.25, 0.3) is 0 Å². The summed E-state index contributed by atoms with van der Waals surface area (Å²) < 4.78 is 0. The molecular formula is C7H9N3O2. The number of rotatable bonds is 1. The number of hydrogen-bond acceptors (Lipinski definition) is 4. The van der Waals surface area contributed by atoms with Crippen LogP contribution in [-0.4, -0.2) is 11.1 Å². The van der Waals surface area contributed by atoms with Crippen LogP contribution in [0.2, 0.25) is 0 Å². The molecule has 0 heterocycles. The van der Waals surface area contributed by atoms with E-state index in [0.717, 1.165) is 0 Å². The van der Waals surface area contributed by atoms with Crippen molar-refractivity contribution in [2.75, 3.05) is 17.2 Å². The van der Waals surface area contributed by atoms with Gasteiger partial charge in [-0.05, 0) is 12.1 Å². The Kier molecular flexibility index (Phi) is 1.78. The molecule has 0 unspecified atom stereocenters. The maximum absolute atomic E-state index is 10.6. The van der Waals surface area contributed by atoms with Gasteiger partial charge in [-0.3, -0.25) is 0 Å². The Morgan fingerprint density at radius 1 is 1.17 bits per heavy atom. The lowest BCUT2D eigenvalue weighted by Crippen LogP contribution is -2.08. The molecule has 0 saturated carbocycles. The van der Waals surface area contributed by atoms with Crippen molar-refractivity contribution in [1.29, 1.82) is 0 Å². The van der Waals surface area contributed by atoms with Gasteiger partial charge in [-0.2, -0.15) is 0 Å². The first-order valence-corrected chi connectivity index (χ1v) is 3.20. The van der Waals surface area contributed by atoms with Gasteiger partial charge < -0.3 is 22.3 Å². The summed E-state index contributed by atoms with van der Waals surface area (Å²) in [7, 11) is 0. The zero-order valence-corrected chi connectivity index (χ0v) is 6.24. The van der Waals surface area contributed by atoms with Gasteiger partial charge >= 0.3 is 5.97 Å². The predicted molar refractivity (Wildman–Crippen MR) is 46.6 cm³/mol. The molecule has 64 valence electrons. The summed E-state index contributed by atoms with van der Waals surface area (Å²) in [5, 5.41) is 8.66. The molecule has 0 saturated heterocycles. The van der Waals surface area contributed by atoms with E-state index in [1.54, 1.807) is 0 Å². The number of carbonyl (C=O) groups is 1. The van der Waals surface area contributed by atoms with Crippen LogP contribution in [0, 0.1) is 0 Å². The molecule has 12 heavy (non-hydrogen) atoms. The van der Waals surface area contributed by atoms with E-state index in [9.17, 15) is 4.79 Å². The van der Waals surface area contributed by atoms with Crippen LogP contribution in [0.15, 0.2) is 12.1 Å². The first-order chi connectivity index (χ1) is 5.54. The molecule has 0 aromatic heterocycles. The number of carboxylic acids is 1. The average Bonchev–Trinajstić information content (AvgIpc) is 1.97. The van der Waals surface area contributed by atoms with Crippen LogP contribution in [0.1, 0.15) is 10.4 Å². The van der Waals surface area contributed by atoms with Crippen molar-refractivity contribution < 1.29 is 9.90 Å². The number of anilines is 3. The van der Waals surface area contributed by atoms with Gasteiger partial charge in [-0.1, -0.05) is 0 Å². The molecular weight excluding hydrogens is 158 g/mol. The van der Waals surface area contributed by atoms with Crippen LogP contribution < -0.4 is 17.2 Å². The molecule has 0 amide bonds. The molecule has 0 aliphatic rings. The van der Waals surface area contributed by atoms with E-state index in [1.165, 1.54) is 12.1 Å². The fourth-order valence-corrected chi connectivity index (χ4v) is 0.891. The molecule has 1 rings (SSSR count). The van der Waals surface area contributed by atoms with Gasteiger partial charge in [0, 0.05) is 5.69 Å². The molecule has 5 heteroatoms. The zero-order valence-electron chi connectivity index (χ0n) is 6.24. The highest BCUT2D eigenvalue weighted by Crippen LogP contribution is 2.25. The predicted octanol–water partition coefficient (Wildman–Crippen LogP) is 0.131. The zero-order chi connectivity index (χ0) is 9.30. The molecule has 0 radical (unpaired) electrons. The van der Waals surface area contributed by atoms with Crippen molar-refractivity contribution in [2.24, 2.45) is 0 Å².